The third kappa shape index (κ3) is 5.08. The number of carbonyl (C=O) groups is 2. The van der Waals surface area contributed by atoms with Crippen LogP contribution in [0.3, 0.4) is 0 Å². The fourth-order valence-corrected chi connectivity index (χ4v) is 2.40. The van der Waals surface area contributed by atoms with Crippen molar-refractivity contribution in [2.24, 2.45) is 0 Å². The van der Waals surface area contributed by atoms with Crippen LogP contribution in [0, 0.1) is 0 Å². The van der Waals surface area contributed by atoms with Crippen molar-refractivity contribution in [2.45, 2.75) is 0 Å². The standard InChI is InChI=1S/C20H16O5.Na/c21-19(20(22)23)15-6-8-17(9-7-15)24-11-12-25-18-10-5-14-3-1-2-4-16(14)13-18;/h1-10,13H,11-12H2,(H,22,23);. The van der Waals surface area contributed by atoms with Gasteiger partial charge in [0.25, 0.3) is 5.78 Å². The fraction of sp³-hybridized carbons (Fsp3) is 0.100. The van der Waals surface area contributed by atoms with Crippen LogP contribution >= 0.6 is 0 Å². The van der Waals surface area contributed by atoms with Crippen molar-refractivity contribution in [3.8, 4) is 11.5 Å². The molecule has 0 fully saturated rings. The van der Waals surface area contributed by atoms with Crippen LogP contribution in [-0.4, -0.2) is 59.6 Å². The summed E-state index contributed by atoms with van der Waals surface area (Å²) in [6.07, 6.45) is 0. The van der Waals surface area contributed by atoms with E-state index >= 15 is 0 Å². The summed E-state index contributed by atoms with van der Waals surface area (Å²) in [5.74, 6) is -1.10. The average Bonchev–Trinajstić information content (AvgIpc) is 2.65. The number of carboxylic acid groups (broad SMARTS) is 1. The summed E-state index contributed by atoms with van der Waals surface area (Å²) in [6.45, 7) is 0.702. The Hall–Kier alpha value is -2.34. The van der Waals surface area contributed by atoms with E-state index in [4.69, 9.17) is 14.6 Å². The molecule has 5 nitrogen and oxygen atoms in total. The van der Waals surface area contributed by atoms with Gasteiger partial charge in [-0.15, -0.1) is 0 Å². The molecule has 0 aliphatic rings. The van der Waals surface area contributed by atoms with Gasteiger partial charge in [-0.3, -0.25) is 4.79 Å². The van der Waals surface area contributed by atoms with Crippen LogP contribution in [0.15, 0.2) is 66.7 Å². The topological polar surface area (TPSA) is 72.8 Å². The van der Waals surface area contributed by atoms with Gasteiger partial charge in [-0.2, -0.15) is 0 Å². The molecule has 0 aromatic heterocycles. The van der Waals surface area contributed by atoms with E-state index in [1.165, 1.54) is 12.1 Å². The zero-order valence-corrected chi connectivity index (χ0v) is 16.3. The Labute approximate surface area is 172 Å². The van der Waals surface area contributed by atoms with E-state index in [9.17, 15) is 9.59 Å². The third-order valence-corrected chi connectivity index (χ3v) is 3.65. The first kappa shape index (κ1) is 20.0. The smallest absolute Gasteiger partial charge is 0.377 e. The number of hydrogen-bond acceptors (Lipinski definition) is 4. The largest absolute Gasteiger partial charge is 0.490 e. The number of hydrogen-bond donors (Lipinski definition) is 1. The first-order valence-electron chi connectivity index (χ1n) is 7.75. The van der Waals surface area contributed by atoms with E-state index in [-0.39, 0.29) is 35.1 Å². The number of carboxylic acids is 1. The van der Waals surface area contributed by atoms with Gasteiger partial charge in [0.15, 0.2) is 0 Å². The average molecular weight is 359 g/mol. The number of aliphatic carboxylic acids is 1. The predicted octanol–water partition coefficient (Wildman–Crippen LogP) is 3.18. The van der Waals surface area contributed by atoms with Crippen LogP contribution in [-0.2, 0) is 4.79 Å². The fourth-order valence-electron chi connectivity index (χ4n) is 2.40. The van der Waals surface area contributed by atoms with E-state index in [0.717, 1.165) is 16.5 Å². The van der Waals surface area contributed by atoms with Gasteiger partial charge in [-0.1, -0.05) is 30.3 Å². The molecule has 0 amide bonds. The molecule has 0 bridgehead atoms. The summed E-state index contributed by atoms with van der Waals surface area (Å²) in [7, 11) is 0. The second-order valence-electron chi connectivity index (χ2n) is 5.36. The molecular weight excluding hydrogens is 343 g/mol. The van der Waals surface area contributed by atoms with E-state index in [1.54, 1.807) is 12.1 Å². The Morgan fingerprint density at radius 3 is 2.00 bits per heavy atom. The van der Waals surface area contributed by atoms with Gasteiger partial charge >= 0.3 is 5.97 Å². The Kier molecular flexibility index (Phi) is 7.21. The third-order valence-electron chi connectivity index (χ3n) is 3.65. The van der Waals surface area contributed by atoms with E-state index in [1.807, 2.05) is 42.5 Å². The number of carbonyl (C=O) groups excluding carboxylic acids is 1. The van der Waals surface area contributed by atoms with Crippen molar-refractivity contribution in [3.63, 3.8) is 0 Å². The SMILES string of the molecule is O=C(O)C(=O)c1ccc(OCCOc2ccc3ccccc3c2)cc1.[Na]. The van der Waals surface area contributed by atoms with Crippen LogP contribution in [0.4, 0.5) is 0 Å². The van der Waals surface area contributed by atoms with Gasteiger partial charge in [-0.25, -0.2) is 4.79 Å². The molecule has 0 atom stereocenters. The van der Waals surface area contributed by atoms with E-state index < -0.39 is 11.8 Å². The molecule has 127 valence electrons. The molecule has 0 aliphatic heterocycles. The molecule has 1 radical (unpaired) electrons. The number of ketones is 1. The Morgan fingerprint density at radius 1 is 0.769 bits per heavy atom. The molecule has 0 unspecified atom stereocenters. The van der Waals surface area contributed by atoms with E-state index in [0.29, 0.717) is 19.0 Å². The van der Waals surface area contributed by atoms with E-state index in [2.05, 4.69) is 0 Å². The van der Waals surface area contributed by atoms with Gasteiger partial charge in [0.2, 0.25) is 0 Å². The van der Waals surface area contributed by atoms with Crippen molar-refractivity contribution < 1.29 is 24.2 Å². The van der Waals surface area contributed by atoms with Crippen molar-refractivity contribution in [2.75, 3.05) is 13.2 Å². The van der Waals surface area contributed by atoms with Crippen molar-refractivity contribution in [3.05, 3.63) is 72.3 Å². The Bertz CT molecular complexity index is 905. The molecule has 6 heteroatoms. The second-order valence-corrected chi connectivity index (χ2v) is 5.36. The van der Waals surface area contributed by atoms with Crippen LogP contribution in [0.1, 0.15) is 10.4 Å². The first-order chi connectivity index (χ1) is 12.1. The summed E-state index contributed by atoms with van der Waals surface area (Å²) in [4.78, 5) is 21.9. The molecule has 26 heavy (non-hydrogen) atoms. The molecule has 3 aromatic rings. The molecule has 1 N–H and O–H groups in total. The quantitative estimate of drug-likeness (QED) is 0.304. The minimum Gasteiger partial charge on any atom is -0.490 e. The molecule has 0 saturated heterocycles. The molecule has 3 rings (SSSR count). The maximum atomic E-state index is 11.3. The monoisotopic (exact) mass is 359 g/mol. The van der Waals surface area contributed by atoms with Crippen molar-refractivity contribution in [1.82, 2.24) is 0 Å². The molecule has 0 aliphatic carbocycles. The molecular formula is C20H16NaO5. The number of ether oxygens (including phenoxy) is 2. The maximum Gasteiger partial charge on any atom is 0.377 e. The van der Waals surface area contributed by atoms with Crippen LogP contribution in [0.5, 0.6) is 11.5 Å². The molecule has 0 saturated carbocycles. The molecule has 0 spiro atoms. The minimum atomic E-state index is -1.47. The predicted molar refractivity (Wildman–Crippen MR) is 99.1 cm³/mol. The Morgan fingerprint density at radius 2 is 1.35 bits per heavy atom. The van der Waals surface area contributed by atoms with Gasteiger partial charge in [0.1, 0.15) is 24.7 Å². The van der Waals surface area contributed by atoms with Crippen molar-refractivity contribution in [1.29, 1.82) is 0 Å². The van der Waals surface area contributed by atoms with Gasteiger partial charge in [-0.05, 0) is 47.2 Å². The van der Waals surface area contributed by atoms with Crippen LogP contribution in [0.25, 0.3) is 10.8 Å². The van der Waals surface area contributed by atoms with Crippen LogP contribution < -0.4 is 9.47 Å². The second kappa shape index (κ2) is 9.38. The zero-order valence-electron chi connectivity index (χ0n) is 14.3. The number of rotatable bonds is 7. The van der Waals surface area contributed by atoms with Gasteiger partial charge in [0.05, 0.1) is 0 Å². The Balaban J connectivity index is 0.00000243. The summed E-state index contributed by atoms with van der Waals surface area (Å²) in [5.41, 5.74) is 0.118. The van der Waals surface area contributed by atoms with Crippen LogP contribution in [0.2, 0.25) is 0 Å². The summed E-state index contributed by atoms with van der Waals surface area (Å²) in [5, 5.41) is 10.9. The number of fused-ring (bicyclic) bond motifs is 1. The summed E-state index contributed by atoms with van der Waals surface area (Å²) < 4.78 is 11.2. The summed E-state index contributed by atoms with van der Waals surface area (Å²) >= 11 is 0. The molecule has 0 heterocycles. The maximum absolute atomic E-state index is 11.3. The normalized spacial score (nSPS) is 10.0. The van der Waals surface area contributed by atoms with Crippen molar-refractivity contribution >= 4 is 52.1 Å². The number of benzene rings is 3. The zero-order chi connectivity index (χ0) is 17.6. The summed E-state index contributed by atoms with van der Waals surface area (Å²) in [6, 6.07) is 19.9. The minimum absolute atomic E-state index is 0. The first-order valence-corrected chi connectivity index (χ1v) is 7.75. The van der Waals surface area contributed by atoms with Gasteiger partial charge < -0.3 is 14.6 Å². The molecule has 3 aromatic carbocycles. The van der Waals surface area contributed by atoms with Gasteiger partial charge in [0, 0.05) is 35.1 Å². The number of Topliss-reactive ketones (excluding diaryl/α,β-unsaturated/α-hetero) is 1.